The summed E-state index contributed by atoms with van der Waals surface area (Å²) in [7, 11) is 0. The van der Waals surface area contributed by atoms with Gasteiger partial charge in [0.15, 0.2) is 0 Å². The van der Waals surface area contributed by atoms with E-state index in [0.29, 0.717) is 11.8 Å². The molecule has 0 aliphatic carbocycles. The molecule has 2 nitrogen and oxygen atoms in total. The van der Waals surface area contributed by atoms with Gasteiger partial charge in [-0.1, -0.05) is 52.0 Å². The van der Waals surface area contributed by atoms with Crippen LogP contribution >= 0.6 is 0 Å². The van der Waals surface area contributed by atoms with Gasteiger partial charge in [0.05, 0.1) is 6.61 Å². The summed E-state index contributed by atoms with van der Waals surface area (Å²) in [4.78, 5) is 5.34. The summed E-state index contributed by atoms with van der Waals surface area (Å²) >= 11 is 0. The molecule has 2 heteroatoms. The fraction of sp³-hybridized carbons (Fsp3) is 0.600. The molecule has 1 N–H and O–H groups in total. The molecule has 96 valence electrons. The van der Waals surface area contributed by atoms with E-state index in [4.69, 9.17) is 4.84 Å². The van der Waals surface area contributed by atoms with E-state index in [1.54, 1.807) is 0 Å². The Morgan fingerprint density at radius 3 is 2.06 bits per heavy atom. The zero-order chi connectivity index (χ0) is 12.7. The monoisotopic (exact) mass is 235 g/mol. The van der Waals surface area contributed by atoms with Gasteiger partial charge in [0.25, 0.3) is 0 Å². The maximum atomic E-state index is 5.34. The van der Waals surface area contributed by atoms with E-state index in [0.717, 1.165) is 19.6 Å². The van der Waals surface area contributed by atoms with Crippen LogP contribution in [-0.4, -0.2) is 6.61 Å². The molecule has 0 aliphatic rings. The second-order valence-electron chi connectivity index (χ2n) is 5.44. The Morgan fingerprint density at radius 2 is 1.53 bits per heavy atom. The molecule has 0 saturated carbocycles. The van der Waals surface area contributed by atoms with E-state index < -0.39 is 0 Å². The molecule has 1 rings (SSSR count). The van der Waals surface area contributed by atoms with Crippen molar-refractivity contribution in [3.8, 4) is 0 Å². The molecule has 0 aromatic heterocycles. The van der Waals surface area contributed by atoms with Gasteiger partial charge in [0.2, 0.25) is 0 Å². The highest BCUT2D eigenvalue weighted by Crippen LogP contribution is 2.09. The minimum atomic E-state index is 0.566. The average Bonchev–Trinajstić information content (AvgIpc) is 2.25. The first-order valence-corrected chi connectivity index (χ1v) is 6.50. The Bertz CT molecular complexity index is 303. The van der Waals surface area contributed by atoms with Crippen LogP contribution in [0.3, 0.4) is 0 Å². The van der Waals surface area contributed by atoms with Crippen LogP contribution in [0.4, 0.5) is 0 Å². The van der Waals surface area contributed by atoms with E-state index >= 15 is 0 Å². The Kier molecular flexibility index (Phi) is 6.23. The summed E-state index contributed by atoms with van der Waals surface area (Å²) < 4.78 is 0. The van der Waals surface area contributed by atoms with Gasteiger partial charge in [-0.2, -0.15) is 5.48 Å². The number of hydroxylamine groups is 1. The Balaban J connectivity index is 2.30. The van der Waals surface area contributed by atoms with Crippen molar-refractivity contribution in [3.63, 3.8) is 0 Å². The van der Waals surface area contributed by atoms with E-state index in [1.807, 2.05) is 0 Å². The van der Waals surface area contributed by atoms with Crippen LogP contribution in [0, 0.1) is 11.8 Å². The third-order valence-electron chi connectivity index (χ3n) is 2.46. The van der Waals surface area contributed by atoms with Crippen LogP contribution in [0.2, 0.25) is 0 Å². The molecule has 0 unspecified atom stereocenters. The molecule has 0 heterocycles. The van der Waals surface area contributed by atoms with Crippen LogP contribution in [-0.2, 0) is 17.8 Å². The van der Waals surface area contributed by atoms with Crippen molar-refractivity contribution in [2.75, 3.05) is 6.61 Å². The Hall–Kier alpha value is -0.860. The van der Waals surface area contributed by atoms with Crippen LogP contribution in [0.25, 0.3) is 0 Å². The molecule has 0 radical (unpaired) electrons. The molecular formula is C15H25NO. The van der Waals surface area contributed by atoms with Gasteiger partial charge < -0.3 is 4.84 Å². The average molecular weight is 235 g/mol. The SMILES string of the molecule is CC(C)CONCc1ccc(CC(C)C)cc1. The van der Waals surface area contributed by atoms with Crippen LogP contribution in [0.15, 0.2) is 24.3 Å². The second kappa shape index (κ2) is 7.46. The Morgan fingerprint density at radius 1 is 0.941 bits per heavy atom. The molecule has 0 fully saturated rings. The zero-order valence-corrected chi connectivity index (χ0v) is 11.5. The van der Waals surface area contributed by atoms with Gasteiger partial charge in [-0.05, 0) is 29.4 Å². The summed E-state index contributed by atoms with van der Waals surface area (Å²) in [6, 6.07) is 8.76. The van der Waals surface area contributed by atoms with Crippen molar-refractivity contribution >= 4 is 0 Å². The molecule has 0 saturated heterocycles. The van der Waals surface area contributed by atoms with E-state index in [2.05, 4.69) is 57.4 Å². The maximum absolute atomic E-state index is 5.34. The Labute approximate surface area is 105 Å². The third kappa shape index (κ3) is 6.44. The fourth-order valence-electron chi connectivity index (χ4n) is 1.62. The van der Waals surface area contributed by atoms with Gasteiger partial charge in [0.1, 0.15) is 0 Å². The normalized spacial score (nSPS) is 11.4. The summed E-state index contributed by atoms with van der Waals surface area (Å²) in [5.74, 6) is 1.28. The van der Waals surface area contributed by atoms with Crippen molar-refractivity contribution in [3.05, 3.63) is 35.4 Å². The molecule has 0 amide bonds. The van der Waals surface area contributed by atoms with Crippen LogP contribution in [0.1, 0.15) is 38.8 Å². The summed E-state index contributed by atoms with van der Waals surface area (Å²) in [5.41, 5.74) is 5.67. The summed E-state index contributed by atoms with van der Waals surface area (Å²) in [6.07, 6.45) is 1.15. The molecule has 0 spiro atoms. The highest BCUT2D eigenvalue weighted by molar-refractivity contribution is 5.22. The lowest BCUT2D eigenvalue weighted by atomic mass is 10.0. The summed E-state index contributed by atoms with van der Waals surface area (Å²) in [5, 5.41) is 0. The minimum Gasteiger partial charge on any atom is -0.301 e. The standard InChI is InChI=1S/C15H25NO/c1-12(2)9-14-5-7-15(8-6-14)10-16-17-11-13(3)4/h5-8,12-13,16H,9-11H2,1-4H3. The molecule has 17 heavy (non-hydrogen) atoms. The lowest BCUT2D eigenvalue weighted by Gasteiger charge is -2.09. The molecule has 0 atom stereocenters. The predicted molar refractivity (Wildman–Crippen MR) is 72.6 cm³/mol. The van der Waals surface area contributed by atoms with E-state index in [9.17, 15) is 0 Å². The van der Waals surface area contributed by atoms with Crippen molar-refractivity contribution in [1.82, 2.24) is 5.48 Å². The van der Waals surface area contributed by atoms with E-state index in [-0.39, 0.29) is 0 Å². The molecule has 1 aromatic rings. The number of rotatable bonds is 7. The number of benzene rings is 1. The van der Waals surface area contributed by atoms with Gasteiger partial charge in [-0.3, -0.25) is 0 Å². The first kappa shape index (κ1) is 14.2. The van der Waals surface area contributed by atoms with Gasteiger partial charge in [0, 0.05) is 6.54 Å². The summed E-state index contributed by atoms with van der Waals surface area (Å²) in [6.45, 7) is 10.3. The lowest BCUT2D eigenvalue weighted by Crippen LogP contribution is -2.17. The number of hydrogen-bond acceptors (Lipinski definition) is 2. The first-order chi connectivity index (χ1) is 8.08. The van der Waals surface area contributed by atoms with Crippen molar-refractivity contribution in [2.45, 2.75) is 40.7 Å². The number of nitrogens with one attached hydrogen (secondary N) is 1. The molecule has 1 aromatic carbocycles. The quantitative estimate of drug-likeness (QED) is 0.576. The van der Waals surface area contributed by atoms with Crippen LogP contribution in [0.5, 0.6) is 0 Å². The molecule has 0 aliphatic heterocycles. The van der Waals surface area contributed by atoms with Crippen molar-refractivity contribution in [2.24, 2.45) is 11.8 Å². The van der Waals surface area contributed by atoms with Crippen molar-refractivity contribution < 1.29 is 4.84 Å². The lowest BCUT2D eigenvalue weighted by molar-refractivity contribution is 0.0196. The topological polar surface area (TPSA) is 21.3 Å². The third-order valence-corrected chi connectivity index (χ3v) is 2.46. The fourth-order valence-corrected chi connectivity index (χ4v) is 1.62. The van der Waals surface area contributed by atoms with Gasteiger partial charge in [-0.15, -0.1) is 0 Å². The highest BCUT2D eigenvalue weighted by atomic mass is 16.6. The predicted octanol–water partition coefficient (Wildman–Crippen LogP) is 3.56. The minimum absolute atomic E-state index is 0.566. The van der Waals surface area contributed by atoms with Gasteiger partial charge >= 0.3 is 0 Å². The van der Waals surface area contributed by atoms with Crippen molar-refractivity contribution in [1.29, 1.82) is 0 Å². The molecule has 0 bridgehead atoms. The maximum Gasteiger partial charge on any atom is 0.0705 e. The zero-order valence-electron chi connectivity index (χ0n) is 11.5. The van der Waals surface area contributed by atoms with E-state index in [1.165, 1.54) is 11.1 Å². The largest absolute Gasteiger partial charge is 0.301 e. The number of hydrogen-bond donors (Lipinski definition) is 1. The smallest absolute Gasteiger partial charge is 0.0705 e. The molecular weight excluding hydrogens is 210 g/mol. The van der Waals surface area contributed by atoms with Crippen LogP contribution < -0.4 is 5.48 Å². The first-order valence-electron chi connectivity index (χ1n) is 6.50. The van der Waals surface area contributed by atoms with Gasteiger partial charge in [-0.25, -0.2) is 0 Å². The highest BCUT2D eigenvalue weighted by Gasteiger charge is 1.99. The second-order valence-corrected chi connectivity index (χ2v) is 5.44.